The number of aryl methyl sites for hydroxylation is 3. The molecule has 0 aliphatic heterocycles. The first-order chi connectivity index (χ1) is 9.38. The van der Waals surface area contributed by atoms with E-state index in [1.807, 2.05) is 31.5 Å². The van der Waals surface area contributed by atoms with Crippen molar-refractivity contribution in [2.45, 2.75) is 38.9 Å². The fourth-order valence-electron chi connectivity index (χ4n) is 2.07. The summed E-state index contributed by atoms with van der Waals surface area (Å²) in [5.41, 5.74) is 1.92. The van der Waals surface area contributed by atoms with Gasteiger partial charge in [-0.05, 0) is 27.7 Å². The van der Waals surface area contributed by atoms with Gasteiger partial charge in [-0.15, -0.1) is 11.3 Å². The highest BCUT2D eigenvalue weighted by molar-refractivity contribution is 7.99. The van der Waals surface area contributed by atoms with Crippen molar-refractivity contribution in [3.05, 3.63) is 27.5 Å². The van der Waals surface area contributed by atoms with Crippen LogP contribution in [0.3, 0.4) is 0 Å². The Balaban J connectivity index is 2.31. The second kappa shape index (κ2) is 5.97. The number of aliphatic carboxylic acids is 1. The quantitative estimate of drug-likeness (QED) is 0.860. The number of aromatic nitrogens is 3. The summed E-state index contributed by atoms with van der Waals surface area (Å²) in [5.74, 6) is -0.816. The Morgan fingerprint density at radius 1 is 1.45 bits per heavy atom. The highest BCUT2D eigenvalue weighted by Gasteiger charge is 2.19. The molecule has 5 nitrogen and oxygen atoms in total. The standard InChI is InChI=1S/C13H17N3O2S2/c1-7-5-16(13(14-7)19-6-11(17)18)9(3)12-8(2)15-10(4)20-12/h5,9H,6H2,1-4H3,(H,17,18). The molecule has 1 atom stereocenters. The predicted octanol–water partition coefficient (Wildman–Crippen LogP) is 3.05. The van der Waals surface area contributed by atoms with Gasteiger partial charge in [0.15, 0.2) is 5.16 Å². The molecule has 0 saturated carbocycles. The summed E-state index contributed by atoms with van der Waals surface area (Å²) in [4.78, 5) is 20.8. The molecule has 0 aliphatic carbocycles. The number of carbonyl (C=O) groups is 1. The van der Waals surface area contributed by atoms with Crippen LogP contribution in [0.4, 0.5) is 0 Å². The molecular formula is C13H17N3O2S2. The van der Waals surface area contributed by atoms with Crippen molar-refractivity contribution in [1.29, 1.82) is 0 Å². The summed E-state index contributed by atoms with van der Waals surface area (Å²) >= 11 is 2.92. The number of hydrogen-bond acceptors (Lipinski definition) is 5. The van der Waals surface area contributed by atoms with E-state index < -0.39 is 5.97 Å². The SMILES string of the molecule is Cc1cn(C(C)c2sc(C)nc2C)c(SCC(=O)O)n1. The lowest BCUT2D eigenvalue weighted by Gasteiger charge is -2.14. The minimum absolute atomic E-state index is 0.0177. The Labute approximate surface area is 126 Å². The maximum absolute atomic E-state index is 10.7. The molecular weight excluding hydrogens is 294 g/mol. The van der Waals surface area contributed by atoms with Crippen LogP contribution >= 0.6 is 23.1 Å². The molecule has 0 fully saturated rings. The Morgan fingerprint density at radius 3 is 2.70 bits per heavy atom. The molecule has 2 aromatic rings. The minimum atomic E-state index is -0.834. The molecule has 2 rings (SSSR count). The summed E-state index contributed by atoms with van der Waals surface area (Å²) < 4.78 is 2.03. The molecule has 1 N–H and O–H groups in total. The number of imidazole rings is 1. The van der Waals surface area contributed by atoms with Gasteiger partial charge < -0.3 is 9.67 Å². The van der Waals surface area contributed by atoms with E-state index >= 15 is 0 Å². The molecule has 0 saturated heterocycles. The summed E-state index contributed by atoms with van der Waals surface area (Å²) in [6.07, 6.45) is 1.96. The van der Waals surface area contributed by atoms with Crippen LogP contribution in [0.25, 0.3) is 0 Å². The fourth-order valence-corrected chi connectivity index (χ4v) is 3.86. The maximum atomic E-state index is 10.7. The zero-order chi connectivity index (χ0) is 14.9. The number of thiazole rings is 1. The van der Waals surface area contributed by atoms with Crippen LogP contribution in [0.2, 0.25) is 0 Å². The molecule has 0 spiro atoms. The first kappa shape index (κ1) is 15.1. The lowest BCUT2D eigenvalue weighted by molar-refractivity contribution is -0.133. The van der Waals surface area contributed by atoms with Crippen molar-refractivity contribution < 1.29 is 9.90 Å². The molecule has 0 bridgehead atoms. The highest BCUT2D eigenvalue weighted by Crippen LogP contribution is 2.31. The molecule has 0 amide bonds. The Kier molecular flexibility index (Phi) is 4.49. The number of carboxylic acid groups (broad SMARTS) is 1. The largest absolute Gasteiger partial charge is 0.481 e. The van der Waals surface area contributed by atoms with Crippen molar-refractivity contribution >= 4 is 29.1 Å². The first-order valence-electron chi connectivity index (χ1n) is 6.22. The molecule has 7 heteroatoms. The number of thioether (sulfide) groups is 1. The molecule has 0 radical (unpaired) electrons. The molecule has 108 valence electrons. The summed E-state index contributed by atoms with van der Waals surface area (Å²) in [6.45, 7) is 8.00. The number of carboxylic acids is 1. The second-order valence-electron chi connectivity index (χ2n) is 4.61. The predicted molar refractivity (Wildman–Crippen MR) is 80.7 cm³/mol. The molecule has 0 aromatic carbocycles. The van der Waals surface area contributed by atoms with Crippen LogP contribution in [-0.4, -0.2) is 31.4 Å². The summed E-state index contributed by atoms with van der Waals surface area (Å²) in [5, 5.41) is 10.6. The van der Waals surface area contributed by atoms with Crippen LogP contribution < -0.4 is 0 Å². The van der Waals surface area contributed by atoms with Gasteiger partial charge in [0, 0.05) is 6.20 Å². The smallest absolute Gasteiger partial charge is 0.313 e. The van der Waals surface area contributed by atoms with Crippen molar-refractivity contribution in [3.8, 4) is 0 Å². The highest BCUT2D eigenvalue weighted by atomic mass is 32.2. The van der Waals surface area contributed by atoms with Crippen LogP contribution in [0.1, 0.15) is 34.2 Å². The van der Waals surface area contributed by atoms with Gasteiger partial charge >= 0.3 is 5.97 Å². The number of hydrogen-bond donors (Lipinski definition) is 1. The lowest BCUT2D eigenvalue weighted by atomic mass is 10.2. The molecule has 1 unspecified atom stereocenters. The Bertz CT molecular complexity index is 634. The number of rotatable bonds is 5. The lowest BCUT2D eigenvalue weighted by Crippen LogP contribution is -2.08. The van der Waals surface area contributed by atoms with E-state index in [-0.39, 0.29) is 11.8 Å². The van der Waals surface area contributed by atoms with Gasteiger partial charge in [-0.2, -0.15) is 0 Å². The van der Waals surface area contributed by atoms with Crippen molar-refractivity contribution in [2.24, 2.45) is 0 Å². The van der Waals surface area contributed by atoms with Crippen LogP contribution in [-0.2, 0) is 4.79 Å². The molecule has 2 heterocycles. The second-order valence-corrected chi connectivity index (χ2v) is 6.79. The van der Waals surface area contributed by atoms with Crippen LogP contribution in [0.15, 0.2) is 11.4 Å². The topological polar surface area (TPSA) is 68.0 Å². The van der Waals surface area contributed by atoms with Crippen molar-refractivity contribution in [2.75, 3.05) is 5.75 Å². The molecule has 0 aliphatic rings. The van der Waals surface area contributed by atoms with E-state index in [9.17, 15) is 4.79 Å². The molecule has 20 heavy (non-hydrogen) atoms. The van der Waals surface area contributed by atoms with Gasteiger partial charge in [-0.1, -0.05) is 11.8 Å². The number of nitrogens with zero attached hydrogens (tertiary/aromatic N) is 3. The zero-order valence-corrected chi connectivity index (χ0v) is 13.5. The maximum Gasteiger partial charge on any atom is 0.313 e. The van der Waals surface area contributed by atoms with Crippen molar-refractivity contribution in [1.82, 2.24) is 14.5 Å². The average Bonchev–Trinajstić information content (AvgIpc) is 2.88. The van der Waals surface area contributed by atoms with Gasteiger partial charge in [0.25, 0.3) is 0 Å². The third-order valence-electron chi connectivity index (χ3n) is 2.88. The zero-order valence-electron chi connectivity index (χ0n) is 11.9. The molecule has 2 aromatic heterocycles. The third kappa shape index (κ3) is 3.21. The summed E-state index contributed by atoms with van der Waals surface area (Å²) in [6, 6.07) is 0.110. The van der Waals surface area contributed by atoms with Crippen LogP contribution in [0, 0.1) is 20.8 Å². The minimum Gasteiger partial charge on any atom is -0.481 e. The first-order valence-corrected chi connectivity index (χ1v) is 8.02. The third-order valence-corrected chi connectivity index (χ3v) is 5.07. The van der Waals surface area contributed by atoms with E-state index in [0.29, 0.717) is 0 Å². The van der Waals surface area contributed by atoms with Crippen LogP contribution in [0.5, 0.6) is 0 Å². The Hall–Kier alpha value is -1.34. The van der Waals surface area contributed by atoms with E-state index in [4.69, 9.17) is 5.11 Å². The van der Waals surface area contributed by atoms with E-state index in [1.54, 1.807) is 11.3 Å². The fraction of sp³-hybridized carbons (Fsp3) is 0.462. The van der Waals surface area contributed by atoms with Gasteiger partial charge in [-0.25, -0.2) is 9.97 Å². The van der Waals surface area contributed by atoms with E-state index in [2.05, 4.69) is 16.9 Å². The van der Waals surface area contributed by atoms with Gasteiger partial charge in [0.05, 0.1) is 33.1 Å². The van der Waals surface area contributed by atoms with E-state index in [0.717, 1.165) is 21.6 Å². The average molecular weight is 311 g/mol. The van der Waals surface area contributed by atoms with Gasteiger partial charge in [0.2, 0.25) is 0 Å². The van der Waals surface area contributed by atoms with Crippen molar-refractivity contribution in [3.63, 3.8) is 0 Å². The Morgan fingerprint density at radius 2 is 2.15 bits per heavy atom. The monoisotopic (exact) mass is 311 g/mol. The summed E-state index contributed by atoms with van der Waals surface area (Å²) in [7, 11) is 0. The van der Waals surface area contributed by atoms with Gasteiger partial charge in [0.1, 0.15) is 0 Å². The normalized spacial score (nSPS) is 12.6. The van der Waals surface area contributed by atoms with E-state index in [1.165, 1.54) is 16.6 Å². The van der Waals surface area contributed by atoms with Gasteiger partial charge in [-0.3, -0.25) is 4.79 Å².